The smallest absolute Gasteiger partial charge is 0.224 e. The topological polar surface area (TPSA) is 77.4 Å². The molecule has 0 amide bonds. The van der Waals surface area contributed by atoms with Gasteiger partial charge in [0.05, 0.1) is 13.2 Å². The van der Waals surface area contributed by atoms with E-state index in [9.17, 15) is 10.2 Å². The minimum Gasteiger partial charge on any atom is -0.388 e. The zero-order chi connectivity index (χ0) is 18.4. The van der Waals surface area contributed by atoms with Crippen LogP contribution in [0.4, 0.5) is 0 Å². The number of ether oxygens (including phenoxy) is 4. The summed E-state index contributed by atoms with van der Waals surface area (Å²) in [6.07, 6.45) is -3.02. The van der Waals surface area contributed by atoms with Gasteiger partial charge in [0, 0.05) is 0 Å². The number of fused-ring (bicyclic) bond motifs is 1. The molecule has 2 aromatic carbocycles. The third kappa shape index (κ3) is 3.24. The van der Waals surface area contributed by atoms with Crippen LogP contribution >= 0.6 is 0 Å². The van der Waals surface area contributed by atoms with E-state index in [2.05, 4.69) is 6.07 Å². The van der Waals surface area contributed by atoms with Gasteiger partial charge in [0.15, 0.2) is 5.79 Å². The van der Waals surface area contributed by atoms with Crippen molar-refractivity contribution in [2.45, 2.75) is 50.3 Å². The average Bonchev–Trinajstić information content (AvgIpc) is 2.94. The van der Waals surface area contributed by atoms with Gasteiger partial charge in [-0.05, 0) is 36.2 Å². The second kappa shape index (κ2) is 6.56. The largest absolute Gasteiger partial charge is 0.388 e. The van der Waals surface area contributed by atoms with Crippen LogP contribution in [0.3, 0.4) is 0 Å². The van der Waals surface area contributed by atoms with E-state index < -0.39 is 29.9 Å². The third-order valence-corrected chi connectivity index (χ3v) is 4.92. The van der Waals surface area contributed by atoms with Crippen molar-refractivity contribution in [3.05, 3.63) is 48.0 Å². The van der Waals surface area contributed by atoms with Gasteiger partial charge in [-0.1, -0.05) is 36.4 Å². The molecule has 0 aliphatic carbocycles. The summed E-state index contributed by atoms with van der Waals surface area (Å²) in [5, 5.41) is 22.8. The predicted molar refractivity (Wildman–Crippen MR) is 94.3 cm³/mol. The van der Waals surface area contributed by atoms with Gasteiger partial charge in [0.25, 0.3) is 0 Å². The molecule has 140 valence electrons. The van der Waals surface area contributed by atoms with E-state index in [-0.39, 0.29) is 19.8 Å². The Balaban J connectivity index is 1.55. The predicted octanol–water partition coefficient (Wildman–Crippen LogP) is 1.96. The van der Waals surface area contributed by atoms with Crippen molar-refractivity contribution in [3.63, 3.8) is 0 Å². The summed E-state index contributed by atoms with van der Waals surface area (Å²) >= 11 is 0. The Bertz CT molecular complexity index is 791. The van der Waals surface area contributed by atoms with E-state index in [1.165, 1.54) is 0 Å². The third-order valence-electron chi connectivity index (χ3n) is 4.92. The first-order valence-electron chi connectivity index (χ1n) is 8.82. The number of hydrogen-bond donors (Lipinski definition) is 2. The number of aliphatic hydroxyl groups is 2. The lowest BCUT2D eigenvalue weighted by Crippen LogP contribution is -2.63. The first kappa shape index (κ1) is 17.9. The van der Waals surface area contributed by atoms with Gasteiger partial charge in [-0.25, -0.2) is 0 Å². The highest BCUT2D eigenvalue weighted by molar-refractivity contribution is 5.82. The maximum atomic E-state index is 10.5. The Labute approximate surface area is 152 Å². The lowest BCUT2D eigenvalue weighted by Gasteiger charge is -2.44. The second-order valence-corrected chi connectivity index (χ2v) is 7.38. The first-order chi connectivity index (χ1) is 12.4. The summed E-state index contributed by atoms with van der Waals surface area (Å²) in [5.41, 5.74) is 0.962. The Hall–Kier alpha value is -1.54. The minimum atomic E-state index is -1.22. The maximum absolute atomic E-state index is 10.5. The van der Waals surface area contributed by atoms with Crippen LogP contribution in [0.1, 0.15) is 19.4 Å². The maximum Gasteiger partial charge on any atom is 0.224 e. The van der Waals surface area contributed by atoms with E-state index in [4.69, 9.17) is 18.9 Å². The highest BCUT2D eigenvalue weighted by Crippen LogP contribution is 2.40. The molecule has 1 spiro atoms. The first-order valence-corrected chi connectivity index (χ1v) is 8.82. The molecule has 0 saturated carbocycles. The Morgan fingerprint density at radius 3 is 2.58 bits per heavy atom. The Kier molecular flexibility index (Phi) is 4.51. The normalized spacial score (nSPS) is 33.8. The summed E-state index contributed by atoms with van der Waals surface area (Å²) in [6.45, 7) is 3.92. The van der Waals surface area contributed by atoms with Crippen molar-refractivity contribution in [3.8, 4) is 0 Å². The highest BCUT2D eigenvalue weighted by atomic mass is 16.8. The zero-order valence-corrected chi connectivity index (χ0v) is 14.9. The molecular weight excluding hydrogens is 336 g/mol. The zero-order valence-electron chi connectivity index (χ0n) is 14.9. The summed E-state index contributed by atoms with van der Waals surface area (Å²) in [7, 11) is 0. The lowest BCUT2D eigenvalue weighted by molar-refractivity contribution is -0.347. The summed E-state index contributed by atoms with van der Waals surface area (Å²) < 4.78 is 23.3. The molecule has 2 aliphatic rings. The van der Waals surface area contributed by atoms with Crippen molar-refractivity contribution < 1.29 is 29.2 Å². The van der Waals surface area contributed by atoms with Crippen molar-refractivity contribution >= 4 is 10.8 Å². The molecule has 2 aromatic rings. The van der Waals surface area contributed by atoms with Crippen molar-refractivity contribution in [2.75, 3.05) is 13.2 Å². The molecule has 0 aromatic heterocycles. The van der Waals surface area contributed by atoms with Crippen LogP contribution in [-0.4, -0.2) is 53.3 Å². The Morgan fingerprint density at radius 2 is 1.85 bits per heavy atom. The fourth-order valence-corrected chi connectivity index (χ4v) is 3.57. The monoisotopic (exact) mass is 360 g/mol. The quantitative estimate of drug-likeness (QED) is 0.871. The van der Waals surface area contributed by atoms with Crippen LogP contribution in [0.5, 0.6) is 0 Å². The molecule has 6 heteroatoms. The van der Waals surface area contributed by atoms with Crippen LogP contribution in [-0.2, 0) is 25.6 Å². The second-order valence-electron chi connectivity index (χ2n) is 7.38. The van der Waals surface area contributed by atoms with E-state index in [1.54, 1.807) is 13.8 Å². The standard InChI is InChI=1S/C20H24O6/c1-19(2)25-12-20(26-19)18(17(22)16(21)11-24-20)23-10-13-7-8-14-5-3-4-6-15(14)9-13/h3-9,16-18,21-22H,10-12H2,1-2H3/t16-,17-,18+,20+/m1/s1. The van der Waals surface area contributed by atoms with Gasteiger partial charge in [0.2, 0.25) is 5.79 Å². The average molecular weight is 360 g/mol. The van der Waals surface area contributed by atoms with Crippen molar-refractivity contribution in [1.29, 1.82) is 0 Å². The molecule has 4 rings (SSSR count). The summed E-state index contributed by atoms with van der Waals surface area (Å²) in [4.78, 5) is 0. The van der Waals surface area contributed by atoms with E-state index in [0.717, 1.165) is 16.3 Å². The SMILES string of the molecule is CC1(C)OC[C@]2(OC[C@@H](O)[C@@H](O)[C@@H]2OCc2ccc3ccccc3c2)O1. The highest BCUT2D eigenvalue weighted by Gasteiger charge is 2.58. The van der Waals surface area contributed by atoms with Crippen LogP contribution < -0.4 is 0 Å². The molecule has 2 saturated heterocycles. The van der Waals surface area contributed by atoms with Crippen LogP contribution in [0, 0.1) is 0 Å². The molecule has 2 N–H and O–H groups in total. The summed E-state index contributed by atoms with van der Waals surface area (Å²) in [6, 6.07) is 14.1. The van der Waals surface area contributed by atoms with Crippen molar-refractivity contribution in [2.24, 2.45) is 0 Å². The fourth-order valence-electron chi connectivity index (χ4n) is 3.57. The number of aliphatic hydroxyl groups excluding tert-OH is 2. The molecule has 2 aliphatic heterocycles. The molecule has 26 heavy (non-hydrogen) atoms. The minimum absolute atomic E-state index is 0.0313. The summed E-state index contributed by atoms with van der Waals surface area (Å²) in [5.74, 6) is -2.06. The van der Waals surface area contributed by atoms with Gasteiger partial charge in [-0.3, -0.25) is 0 Å². The van der Waals surface area contributed by atoms with E-state index >= 15 is 0 Å². The molecule has 4 atom stereocenters. The van der Waals surface area contributed by atoms with Gasteiger partial charge in [0.1, 0.15) is 24.9 Å². The van der Waals surface area contributed by atoms with Crippen molar-refractivity contribution in [1.82, 2.24) is 0 Å². The van der Waals surface area contributed by atoms with Gasteiger partial charge < -0.3 is 29.2 Å². The fraction of sp³-hybridized carbons (Fsp3) is 0.500. The van der Waals surface area contributed by atoms with Gasteiger partial charge >= 0.3 is 0 Å². The van der Waals surface area contributed by atoms with E-state index in [0.29, 0.717) is 0 Å². The molecule has 2 heterocycles. The molecule has 2 fully saturated rings. The Morgan fingerprint density at radius 1 is 1.08 bits per heavy atom. The molecule has 0 bridgehead atoms. The molecule has 6 nitrogen and oxygen atoms in total. The van der Waals surface area contributed by atoms with Gasteiger partial charge in [-0.15, -0.1) is 0 Å². The van der Waals surface area contributed by atoms with Gasteiger partial charge in [-0.2, -0.15) is 0 Å². The number of benzene rings is 2. The molecule has 0 unspecified atom stereocenters. The van der Waals surface area contributed by atoms with Crippen LogP contribution in [0.2, 0.25) is 0 Å². The molecular formula is C20H24O6. The number of rotatable bonds is 3. The van der Waals surface area contributed by atoms with E-state index in [1.807, 2.05) is 36.4 Å². The molecule has 0 radical (unpaired) electrons. The van der Waals surface area contributed by atoms with Crippen LogP contribution in [0.15, 0.2) is 42.5 Å². The number of hydrogen-bond acceptors (Lipinski definition) is 6. The lowest BCUT2D eigenvalue weighted by atomic mass is 9.97. The van der Waals surface area contributed by atoms with Crippen LogP contribution in [0.25, 0.3) is 10.8 Å².